The standard InChI is InChI=1S/C38H45ClN2O5/c1-23(22-46-31-9-14-40-35-25(3)8-7-24(2)34(31)35)17-27-18-26-19-32-33(45-16-15-44-32)21-30(26)37(27)10-12-38(13-11-37,36(42)43)41-29-6-4-5-28(39)20-29/h4-6,9,14,19-21,23-25,27,41H,7-8,10-13,15-18,22H2,1-3H3,(H,42,43)/t23-,24-,25-,27?,37?,38?/m1/s1. The van der Waals surface area contributed by atoms with Crippen LogP contribution < -0.4 is 19.5 Å². The van der Waals surface area contributed by atoms with Crippen molar-refractivity contribution in [1.29, 1.82) is 0 Å². The van der Waals surface area contributed by atoms with Crippen LogP contribution in [0, 0.1) is 11.8 Å². The van der Waals surface area contributed by atoms with E-state index in [0.29, 0.717) is 61.4 Å². The maximum atomic E-state index is 12.9. The normalized spacial score (nSPS) is 28.7. The molecule has 3 aliphatic carbocycles. The third-order valence-corrected chi connectivity index (χ3v) is 11.6. The van der Waals surface area contributed by atoms with Crippen LogP contribution in [0.2, 0.25) is 5.02 Å². The van der Waals surface area contributed by atoms with Gasteiger partial charge < -0.3 is 24.6 Å². The van der Waals surface area contributed by atoms with Gasteiger partial charge in [-0.3, -0.25) is 4.98 Å². The lowest BCUT2D eigenvalue weighted by Gasteiger charge is -2.47. The second-order valence-electron chi connectivity index (χ2n) is 14.4. The van der Waals surface area contributed by atoms with Crippen LogP contribution in [0.15, 0.2) is 48.7 Å². The van der Waals surface area contributed by atoms with Gasteiger partial charge >= 0.3 is 5.97 Å². The second-order valence-corrected chi connectivity index (χ2v) is 14.8. The predicted molar refractivity (Wildman–Crippen MR) is 180 cm³/mol. The fraction of sp³-hybridized carbons (Fsp3) is 0.526. The highest BCUT2D eigenvalue weighted by atomic mass is 35.5. The number of fused-ring (bicyclic) bond motifs is 4. The van der Waals surface area contributed by atoms with Gasteiger partial charge in [-0.1, -0.05) is 38.4 Å². The summed E-state index contributed by atoms with van der Waals surface area (Å²) in [6.07, 6.45) is 8.73. The van der Waals surface area contributed by atoms with Crippen LogP contribution in [0.3, 0.4) is 0 Å². The molecular formula is C38H45ClN2O5. The van der Waals surface area contributed by atoms with E-state index in [9.17, 15) is 9.90 Å². The maximum Gasteiger partial charge on any atom is 0.329 e. The number of aromatic nitrogens is 1. The van der Waals surface area contributed by atoms with Crippen LogP contribution >= 0.6 is 11.6 Å². The summed E-state index contributed by atoms with van der Waals surface area (Å²) in [5.74, 6) is 3.37. The number of hydrogen-bond acceptors (Lipinski definition) is 6. The fourth-order valence-corrected chi connectivity index (χ4v) is 9.03. The van der Waals surface area contributed by atoms with E-state index in [-0.39, 0.29) is 5.41 Å². The first-order chi connectivity index (χ1) is 22.2. The van der Waals surface area contributed by atoms with Gasteiger partial charge in [0, 0.05) is 22.5 Å². The molecule has 0 amide bonds. The molecule has 0 saturated heterocycles. The number of carboxylic acids is 1. The zero-order valence-corrected chi connectivity index (χ0v) is 27.9. The first kappa shape index (κ1) is 31.2. The summed E-state index contributed by atoms with van der Waals surface area (Å²) < 4.78 is 18.6. The minimum Gasteiger partial charge on any atom is -0.493 e. The highest BCUT2D eigenvalue weighted by Crippen LogP contribution is 2.58. The monoisotopic (exact) mass is 644 g/mol. The number of halogens is 1. The zero-order valence-electron chi connectivity index (χ0n) is 27.1. The fourth-order valence-electron chi connectivity index (χ4n) is 8.84. The van der Waals surface area contributed by atoms with Crippen LogP contribution in [0.4, 0.5) is 5.69 Å². The third-order valence-electron chi connectivity index (χ3n) is 11.3. The van der Waals surface area contributed by atoms with Gasteiger partial charge in [0.25, 0.3) is 0 Å². The van der Waals surface area contributed by atoms with Crippen LogP contribution in [-0.2, 0) is 16.6 Å². The topological polar surface area (TPSA) is 89.9 Å². The summed E-state index contributed by atoms with van der Waals surface area (Å²) in [6.45, 7) is 8.58. The number of rotatable bonds is 8. The van der Waals surface area contributed by atoms with Gasteiger partial charge in [0.1, 0.15) is 24.5 Å². The Bertz CT molecular complexity index is 1620. The molecule has 4 atom stereocenters. The van der Waals surface area contributed by atoms with Gasteiger partial charge in [-0.05, 0) is 128 Å². The summed E-state index contributed by atoms with van der Waals surface area (Å²) in [5.41, 5.74) is 4.63. The number of nitrogens with one attached hydrogen (secondary N) is 1. The molecule has 0 bridgehead atoms. The van der Waals surface area contributed by atoms with E-state index in [4.69, 9.17) is 30.8 Å². The number of anilines is 1. The maximum absolute atomic E-state index is 12.9. The largest absolute Gasteiger partial charge is 0.493 e. The molecule has 3 aromatic rings. The van der Waals surface area contributed by atoms with E-state index in [0.717, 1.165) is 55.0 Å². The van der Waals surface area contributed by atoms with Gasteiger partial charge in [0.05, 0.1) is 12.3 Å². The van der Waals surface area contributed by atoms with Gasteiger partial charge in [-0.15, -0.1) is 0 Å². The number of pyridine rings is 1. The first-order valence-corrected chi connectivity index (χ1v) is 17.4. The number of nitrogens with zero attached hydrogens (tertiary/aromatic N) is 1. The number of hydrogen-bond donors (Lipinski definition) is 2. The summed E-state index contributed by atoms with van der Waals surface area (Å²) >= 11 is 6.26. The molecule has 244 valence electrons. The molecule has 1 aromatic heterocycles. The van der Waals surface area contributed by atoms with Gasteiger partial charge in [-0.25, -0.2) is 4.79 Å². The average molecular weight is 645 g/mol. The van der Waals surface area contributed by atoms with E-state index in [1.54, 1.807) is 12.1 Å². The molecule has 1 fully saturated rings. The Morgan fingerprint density at radius 3 is 2.54 bits per heavy atom. The number of benzene rings is 2. The molecular weight excluding hydrogens is 600 g/mol. The molecule has 1 saturated carbocycles. The zero-order chi connectivity index (χ0) is 32.1. The molecule has 1 spiro atoms. The van der Waals surface area contributed by atoms with Crippen molar-refractivity contribution in [2.24, 2.45) is 11.8 Å². The second kappa shape index (κ2) is 12.3. The lowest BCUT2D eigenvalue weighted by molar-refractivity contribution is -0.144. The highest BCUT2D eigenvalue weighted by molar-refractivity contribution is 6.30. The van der Waals surface area contributed by atoms with E-state index < -0.39 is 11.5 Å². The third kappa shape index (κ3) is 5.59. The molecule has 8 heteroatoms. The smallest absolute Gasteiger partial charge is 0.329 e. The van der Waals surface area contributed by atoms with Crippen LogP contribution in [0.1, 0.15) is 99.9 Å². The molecule has 7 nitrogen and oxygen atoms in total. The molecule has 2 N–H and O–H groups in total. The van der Waals surface area contributed by atoms with E-state index in [1.165, 1.54) is 28.8 Å². The summed E-state index contributed by atoms with van der Waals surface area (Å²) in [7, 11) is 0. The van der Waals surface area contributed by atoms with Crippen molar-refractivity contribution in [3.05, 3.63) is 76.1 Å². The summed E-state index contributed by atoms with van der Waals surface area (Å²) in [5, 5.41) is 14.5. The lowest BCUT2D eigenvalue weighted by atomic mass is 9.59. The number of ether oxygens (including phenoxy) is 3. The van der Waals surface area contributed by atoms with Gasteiger partial charge in [0.15, 0.2) is 11.5 Å². The van der Waals surface area contributed by atoms with Crippen molar-refractivity contribution in [2.75, 3.05) is 25.1 Å². The Hall–Kier alpha value is -3.45. The van der Waals surface area contributed by atoms with Crippen molar-refractivity contribution in [3.63, 3.8) is 0 Å². The molecule has 0 radical (unpaired) electrons. The Morgan fingerprint density at radius 2 is 1.80 bits per heavy atom. The lowest BCUT2D eigenvalue weighted by Crippen LogP contribution is -2.53. The molecule has 2 aromatic carbocycles. The summed E-state index contributed by atoms with van der Waals surface area (Å²) in [4.78, 5) is 17.6. The van der Waals surface area contributed by atoms with Crippen molar-refractivity contribution in [3.8, 4) is 17.2 Å². The molecule has 1 unspecified atom stereocenters. The predicted octanol–water partition coefficient (Wildman–Crippen LogP) is 8.53. The molecule has 1 aliphatic heterocycles. The van der Waals surface area contributed by atoms with Crippen molar-refractivity contribution in [2.45, 2.75) is 94.9 Å². The Labute approximate surface area is 277 Å². The Kier molecular flexibility index (Phi) is 8.33. The minimum absolute atomic E-state index is 0.145. The van der Waals surface area contributed by atoms with E-state index in [2.05, 4.69) is 38.2 Å². The molecule has 46 heavy (non-hydrogen) atoms. The van der Waals surface area contributed by atoms with Gasteiger partial charge in [0.2, 0.25) is 0 Å². The average Bonchev–Trinajstić information content (AvgIpc) is 3.32. The number of carboxylic acid groups (broad SMARTS) is 1. The minimum atomic E-state index is -1.06. The number of carbonyl (C=O) groups is 1. The quantitative estimate of drug-likeness (QED) is 0.254. The summed E-state index contributed by atoms with van der Waals surface area (Å²) in [6, 6.07) is 13.8. The van der Waals surface area contributed by atoms with Gasteiger partial charge in [-0.2, -0.15) is 0 Å². The van der Waals surface area contributed by atoms with Crippen molar-refractivity contribution < 1.29 is 24.1 Å². The van der Waals surface area contributed by atoms with Crippen molar-refractivity contribution >= 4 is 23.3 Å². The van der Waals surface area contributed by atoms with Crippen LogP contribution in [-0.4, -0.2) is 41.4 Å². The Balaban J connectivity index is 1.14. The Morgan fingerprint density at radius 1 is 1.07 bits per heavy atom. The van der Waals surface area contributed by atoms with Crippen LogP contribution in [0.5, 0.6) is 17.2 Å². The SMILES string of the molecule is C[C@@H](COc1ccnc2c1[C@H](C)CC[C@H]2C)CC1Cc2cc3c(cc2C12CCC(Nc1cccc(Cl)c1)(C(=O)O)CC2)OCCO3. The molecule has 7 rings (SSSR count). The van der Waals surface area contributed by atoms with Crippen molar-refractivity contribution in [1.82, 2.24) is 4.98 Å². The van der Waals surface area contributed by atoms with Crippen LogP contribution in [0.25, 0.3) is 0 Å². The highest BCUT2D eigenvalue weighted by Gasteiger charge is 2.54. The van der Waals surface area contributed by atoms with E-state index in [1.807, 2.05) is 24.4 Å². The molecule has 4 aliphatic rings. The van der Waals surface area contributed by atoms with E-state index >= 15 is 0 Å². The first-order valence-electron chi connectivity index (χ1n) is 17.0. The number of aliphatic carboxylic acids is 1. The molecule has 2 heterocycles.